The van der Waals surface area contributed by atoms with Crippen molar-refractivity contribution in [2.75, 3.05) is 0 Å². The van der Waals surface area contributed by atoms with Gasteiger partial charge >= 0.3 is 0 Å². The van der Waals surface area contributed by atoms with Crippen LogP contribution in [0.15, 0.2) is 42.0 Å². The van der Waals surface area contributed by atoms with Gasteiger partial charge in [-0.2, -0.15) is 0 Å². The number of nitrogens with zero attached hydrogens (tertiary/aromatic N) is 2. The molecule has 3 aromatic heterocycles. The van der Waals surface area contributed by atoms with E-state index in [1.165, 1.54) is 12.6 Å². The predicted molar refractivity (Wildman–Crippen MR) is 115 cm³/mol. The number of hydrogen-bond acceptors (Lipinski definition) is 4. The molecule has 0 radical (unpaired) electrons. The maximum atomic E-state index is 7.48. The van der Waals surface area contributed by atoms with Gasteiger partial charge in [0.1, 0.15) is 0 Å². The Balaban J connectivity index is 0.000000431. The van der Waals surface area contributed by atoms with Crippen LogP contribution in [0.25, 0.3) is 26.9 Å². The second-order valence-electron chi connectivity index (χ2n) is 6.57. The summed E-state index contributed by atoms with van der Waals surface area (Å²) in [6, 6.07) is 6.08. The lowest BCUT2D eigenvalue weighted by atomic mass is 10.0. The number of nitrogens with one attached hydrogen (secondary N) is 1. The third-order valence-corrected chi connectivity index (χ3v) is 5.24. The summed E-state index contributed by atoms with van der Waals surface area (Å²) >= 11 is 1.69. The van der Waals surface area contributed by atoms with E-state index in [1.807, 2.05) is 37.5 Å². The Morgan fingerprint density at radius 3 is 2.54 bits per heavy atom. The highest BCUT2D eigenvalue weighted by Gasteiger charge is 2.11. The third kappa shape index (κ3) is 4.64. The summed E-state index contributed by atoms with van der Waals surface area (Å²) in [6.45, 7) is 10.6. The van der Waals surface area contributed by atoms with Crippen molar-refractivity contribution in [2.45, 2.75) is 41.0 Å². The minimum absolute atomic E-state index is 0.834. The predicted octanol–water partition coefficient (Wildman–Crippen LogP) is 6.77. The Labute approximate surface area is 160 Å². The van der Waals surface area contributed by atoms with E-state index in [0.29, 0.717) is 0 Å². The van der Waals surface area contributed by atoms with E-state index in [0.717, 1.165) is 44.1 Å². The molecule has 0 aliphatic carbocycles. The Morgan fingerprint density at radius 1 is 1.23 bits per heavy atom. The molecular formula is C22H27N3S. The van der Waals surface area contributed by atoms with Crippen LogP contribution in [-0.4, -0.2) is 16.2 Å². The normalized spacial score (nSPS) is 11.4. The highest BCUT2D eigenvalue weighted by molar-refractivity contribution is 7.17. The fraction of sp³-hybridized carbons (Fsp3) is 0.318. The quantitative estimate of drug-likeness (QED) is 0.518. The van der Waals surface area contributed by atoms with Gasteiger partial charge in [0.2, 0.25) is 0 Å². The first-order chi connectivity index (χ1) is 12.5. The standard InChI is InChI=1S/C17H15N3S.C5H12/c1-3-12(8-18)15-4-5-16-17(20-15)14(10-21-16)13-6-7-19-9-11(13)2;1-4-5(2)3/h3-10,18H,1-2H3;5H,4H2,1-3H3/b12-3+,18-8?;. The van der Waals surface area contributed by atoms with Crippen molar-refractivity contribution < 1.29 is 0 Å². The molecule has 0 fully saturated rings. The first-order valence-corrected chi connectivity index (χ1v) is 9.86. The third-order valence-electron chi connectivity index (χ3n) is 4.31. The van der Waals surface area contributed by atoms with Crippen LogP contribution in [0.5, 0.6) is 0 Å². The fourth-order valence-corrected chi connectivity index (χ4v) is 3.24. The van der Waals surface area contributed by atoms with Crippen molar-refractivity contribution in [3.8, 4) is 11.1 Å². The maximum Gasteiger partial charge on any atom is 0.0895 e. The largest absolute Gasteiger partial charge is 0.308 e. The van der Waals surface area contributed by atoms with E-state index < -0.39 is 0 Å². The molecule has 0 spiro atoms. The van der Waals surface area contributed by atoms with Gasteiger partial charge in [-0.3, -0.25) is 4.98 Å². The van der Waals surface area contributed by atoms with E-state index in [-0.39, 0.29) is 0 Å². The van der Waals surface area contributed by atoms with Crippen LogP contribution in [-0.2, 0) is 0 Å². The van der Waals surface area contributed by atoms with Gasteiger partial charge in [-0.25, -0.2) is 4.98 Å². The van der Waals surface area contributed by atoms with Gasteiger partial charge in [-0.1, -0.05) is 33.3 Å². The Kier molecular flexibility index (Phi) is 7.22. The molecule has 0 amide bonds. The monoisotopic (exact) mass is 365 g/mol. The minimum Gasteiger partial charge on any atom is -0.308 e. The molecule has 3 rings (SSSR count). The Bertz CT molecular complexity index is 907. The van der Waals surface area contributed by atoms with Gasteiger partial charge in [0.15, 0.2) is 0 Å². The molecule has 0 aliphatic rings. The molecular weight excluding hydrogens is 338 g/mol. The molecule has 0 bridgehead atoms. The number of aryl methyl sites for hydroxylation is 1. The first-order valence-electron chi connectivity index (χ1n) is 8.98. The number of pyridine rings is 2. The smallest absolute Gasteiger partial charge is 0.0895 e. The molecule has 26 heavy (non-hydrogen) atoms. The van der Waals surface area contributed by atoms with Crippen LogP contribution in [0.4, 0.5) is 0 Å². The molecule has 136 valence electrons. The molecule has 3 aromatic rings. The van der Waals surface area contributed by atoms with Gasteiger partial charge in [0, 0.05) is 35.1 Å². The lowest BCUT2D eigenvalue weighted by molar-refractivity contribution is 0.626. The SMILES string of the molecule is C/C=C(\C=N)c1ccc2scc(-c3ccncc3C)c2n1.CCC(C)C. The van der Waals surface area contributed by atoms with E-state index in [9.17, 15) is 0 Å². The lowest BCUT2D eigenvalue weighted by Crippen LogP contribution is -1.91. The molecule has 4 heteroatoms. The zero-order chi connectivity index (χ0) is 19.1. The topological polar surface area (TPSA) is 49.6 Å². The summed E-state index contributed by atoms with van der Waals surface area (Å²) in [5, 5.41) is 9.62. The second kappa shape index (κ2) is 9.39. The Hall–Kier alpha value is -2.33. The van der Waals surface area contributed by atoms with E-state index in [4.69, 9.17) is 10.4 Å². The summed E-state index contributed by atoms with van der Waals surface area (Å²) in [5.41, 5.74) is 6.11. The van der Waals surface area contributed by atoms with Crippen LogP contribution in [0.1, 0.15) is 45.4 Å². The molecule has 1 N–H and O–H groups in total. The number of thiophene rings is 1. The molecule has 0 saturated heterocycles. The highest BCUT2D eigenvalue weighted by atomic mass is 32.1. The van der Waals surface area contributed by atoms with Crippen LogP contribution >= 0.6 is 11.3 Å². The molecule has 3 heterocycles. The molecule has 0 aromatic carbocycles. The molecule has 3 nitrogen and oxygen atoms in total. The summed E-state index contributed by atoms with van der Waals surface area (Å²) in [4.78, 5) is 8.92. The van der Waals surface area contributed by atoms with E-state index in [2.05, 4.69) is 44.1 Å². The average molecular weight is 366 g/mol. The van der Waals surface area contributed by atoms with Crippen LogP contribution in [0, 0.1) is 18.3 Å². The molecule has 0 atom stereocenters. The van der Waals surface area contributed by atoms with Gasteiger partial charge in [-0.15, -0.1) is 11.3 Å². The highest BCUT2D eigenvalue weighted by Crippen LogP contribution is 2.34. The number of aromatic nitrogens is 2. The van der Waals surface area contributed by atoms with Gasteiger partial charge < -0.3 is 5.41 Å². The number of hydrogen-bond donors (Lipinski definition) is 1. The number of allylic oxidation sites excluding steroid dienone is 2. The van der Waals surface area contributed by atoms with Gasteiger partial charge in [-0.05, 0) is 49.1 Å². The van der Waals surface area contributed by atoms with Crippen LogP contribution < -0.4 is 0 Å². The van der Waals surface area contributed by atoms with Crippen LogP contribution in [0.2, 0.25) is 0 Å². The number of fused-ring (bicyclic) bond motifs is 1. The molecule has 0 aliphatic heterocycles. The van der Waals surface area contributed by atoms with Crippen molar-refractivity contribution in [3.63, 3.8) is 0 Å². The van der Waals surface area contributed by atoms with E-state index >= 15 is 0 Å². The summed E-state index contributed by atoms with van der Waals surface area (Å²) in [5.74, 6) is 0.884. The minimum atomic E-state index is 0.834. The van der Waals surface area contributed by atoms with Crippen molar-refractivity contribution >= 4 is 33.3 Å². The second-order valence-corrected chi connectivity index (χ2v) is 7.48. The molecule has 0 saturated carbocycles. The maximum absolute atomic E-state index is 7.48. The van der Waals surface area contributed by atoms with Gasteiger partial charge in [0.25, 0.3) is 0 Å². The van der Waals surface area contributed by atoms with Crippen molar-refractivity contribution in [1.29, 1.82) is 5.41 Å². The van der Waals surface area contributed by atoms with Crippen LogP contribution in [0.3, 0.4) is 0 Å². The first kappa shape index (κ1) is 20.0. The summed E-state index contributed by atoms with van der Waals surface area (Å²) < 4.78 is 1.16. The number of rotatable bonds is 4. The lowest BCUT2D eigenvalue weighted by Gasteiger charge is -2.05. The van der Waals surface area contributed by atoms with Crippen molar-refractivity contribution in [1.82, 2.24) is 9.97 Å². The zero-order valence-corrected chi connectivity index (χ0v) is 17.0. The summed E-state index contributed by atoms with van der Waals surface area (Å²) in [6.07, 6.45) is 8.24. The summed E-state index contributed by atoms with van der Waals surface area (Å²) in [7, 11) is 0. The van der Waals surface area contributed by atoms with Gasteiger partial charge in [0.05, 0.1) is 15.9 Å². The average Bonchev–Trinajstić information content (AvgIpc) is 3.07. The Morgan fingerprint density at radius 2 is 1.96 bits per heavy atom. The fourth-order valence-electron chi connectivity index (χ4n) is 2.35. The van der Waals surface area contributed by atoms with Crippen molar-refractivity contribution in [2.24, 2.45) is 5.92 Å². The zero-order valence-electron chi connectivity index (χ0n) is 16.2. The van der Waals surface area contributed by atoms with E-state index in [1.54, 1.807) is 11.3 Å². The van der Waals surface area contributed by atoms with Crippen molar-refractivity contribution in [3.05, 3.63) is 53.3 Å². The molecule has 0 unspecified atom stereocenters.